The Bertz CT molecular complexity index is 687. The summed E-state index contributed by atoms with van der Waals surface area (Å²) in [7, 11) is 0. The van der Waals surface area contributed by atoms with Gasteiger partial charge in [0.05, 0.1) is 18.4 Å². The molecule has 0 amide bonds. The van der Waals surface area contributed by atoms with Gasteiger partial charge in [0.1, 0.15) is 12.2 Å². The minimum absolute atomic E-state index is 0.0888. The molecule has 0 spiro atoms. The highest BCUT2D eigenvalue weighted by Crippen LogP contribution is 2.45. The molecule has 1 aliphatic heterocycles. The molecule has 8 atom stereocenters. The molecule has 3 N–H and O–H groups in total. The standard InChI is InChI=1S/C24H37NO5/c1-14-10-17-5-4-15(2)20(7-6-19-12-18(26)13-22(27)29-19)23(17)21(11-14)30-24(28)16(3)8-9-25/h4-5,10,14-16,18-21,23,26H,6-9,11-13,25H2,1-3H3/t14-,15-,16-,18+,19-,20-,21-,23-/m0/s1. The maximum Gasteiger partial charge on any atom is 0.308 e. The lowest BCUT2D eigenvalue weighted by molar-refractivity contribution is -0.162. The van der Waals surface area contributed by atoms with E-state index in [1.165, 1.54) is 5.57 Å². The second kappa shape index (κ2) is 10.1. The van der Waals surface area contributed by atoms with E-state index >= 15 is 0 Å². The Morgan fingerprint density at radius 3 is 2.80 bits per heavy atom. The zero-order valence-corrected chi connectivity index (χ0v) is 18.5. The number of aliphatic hydroxyl groups is 1. The lowest BCUT2D eigenvalue weighted by Crippen LogP contribution is -2.42. The minimum atomic E-state index is -0.608. The van der Waals surface area contributed by atoms with Gasteiger partial charge in [-0.05, 0) is 55.6 Å². The summed E-state index contributed by atoms with van der Waals surface area (Å²) >= 11 is 0. The molecule has 0 radical (unpaired) electrons. The molecule has 0 bridgehead atoms. The number of nitrogens with two attached hydrogens (primary N) is 1. The summed E-state index contributed by atoms with van der Waals surface area (Å²) < 4.78 is 11.5. The highest BCUT2D eigenvalue weighted by Gasteiger charge is 2.42. The molecule has 0 aromatic rings. The lowest BCUT2D eigenvalue weighted by Gasteiger charge is -2.43. The van der Waals surface area contributed by atoms with Crippen LogP contribution in [0.3, 0.4) is 0 Å². The van der Waals surface area contributed by atoms with Gasteiger partial charge in [0.2, 0.25) is 0 Å². The first-order valence-corrected chi connectivity index (χ1v) is 11.5. The molecule has 6 heteroatoms. The first-order chi connectivity index (χ1) is 14.3. The molecule has 168 valence electrons. The summed E-state index contributed by atoms with van der Waals surface area (Å²) in [5.41, 5.74) is 6.87. The predicted molar refractivity (Wildman–Crippen MR) is 114 cm³/mol. The number of ether oxygens (including phenoxy) is 2. The van der Waals surface area contributed by atoms with Gasteiger partial charge in [0, 0.05) is 12.3 Å². The highest BCUT2D eigenvalue weighted by atomic mass is 16.5. The fourth-order valence-electron chi connectivity index (χ4n) is 5.27. The number of rotatable bonds is 7. The Morgan fingerprint density at radius 1 is 1.33 bits per heavy atom. The number of hydrogen-bond acceptors (Lipinski definition) is 6. The molecule has 0 aromatic carbocycles. The maximum atomic E-state index is 12.6. The van der Waals surface area contributed by atoms with Crippen molar-refractivity contribution in [2.45, 2.75) is 77.6 Å². The van der Waals surface area contributed by atoms with Crippen LogP contribution in [0.25, 0.3) is 0 Å². The molecule has 1 fully saturated rings. The summed E-state index contributed by atoms with van der Waals surface area (Å²) in [6, 6.07) is 0. The Hall–Kier alpha value is -1.66. The van der Waals surface area contributed by atoms with Crippen molar-refractivity contribution in [1.29, 1.82) is 0 Å². The highest BCUT2D eigenvalue weighted by molar-refractivity contribution is 5.72. The molecule has 0 aromatic heterocycles. The van der Waals surface area contributed by atoms with Crippen LogP contribution >= 0.6 is 0 Å². The Morgan fingerprint density at radius 2 is 2.10 bits per heavy atom. The Labute approximate surface area is 179 Å². The second-order valence-corrected chi connectivity index (χ2v) is 9.52. The summed E-state index contributed by atoms with van der Waals surface area (Å²) in [6.07, 6.45) is 9.36. The van der Waals surface area contributed by atoms with Crippen LogP contribution in [-0.2, 0) is 19.1 Å². The molecule has 0 unspecified atom stereocenters. The number of hydrogen-bond donors (Lipinski definition) is 2. The van der Waals surface area contributed by atoms with Gasteiger partial charge in [-0.25, -0.2) is 0 Å². The maximum absolute atomic E-state index is 12.6. The van der Waals surface area contributed by atoms with Gasteiger partial charge in [0.15, 0.2) is 0 Å². The van der Waals surface area contributed by atoms with Crippen LogP contribution in [0.15, 0.2) is 23.8 Å². The van der Waals surface area contributed by atoms with Crippen molar-refractivity contribution in [3.8, 4) is 0 Å². The van der Waals surface area contributed by atoms with Crippen LogP contribution < -0.4 is 5.73 Å². The summed E-state index contributed by atoms with van der Waals surface area (Å²) in [4.78, 5) is 24.3. The van der Waals surface area contributed by atoms with E-state index in [4.69, 9.17) is 15.2 Å². The lowest BCUT2D eigenvalue weighted by atomic mass is 9.65. The van der Waals surface area contributed by atoms with Gasteiger partial charge in [-0.3, -0.25) is 9.59 Å². The number of cyclic esters (lactones) is 1. The fraction of sp³-hybridized carbons (Fsp3) is 0.750. The monoisotopic (exact) mass is 419 g/mol. The fourth-order valence-corrected chi connectivity index (χ4v) is 5.27. The van der Waals surface area contributed by atoms with Crippen LogP contribution in [0.4, 0.5) is 0 Å². The number of allylic oxidation sites excluding steroid dienone is 3. The van der Waals surface area contributed by atoms with Crippen molar-refractivity contribution < 1.29 is 24.2 Å². The number of carbonyl (C=O) groups is 2. The normalized spacial score (nSPS) is 37.0. The van der Waals surface area contributed by atoms with E-state index in [0.29, 0.717) is 37.1 Å². The topological polar surface area (TPSA) is 98.9 Å². The second-order valence-electron chi connectivity index (χ2n) is 9.52. The third kappa shape index (κ3) is 5.52. The predicted octanol–water partition coefficient (Wildman–Crippen LogP) is 3.13. The Kier molecular flexibility index (Phi) is 7.75. The Balaban J connectivity index is 1.73. The van der Waals surface area contributed by atoms with Gasteiger partial charge < -0.3 is 20.3 Å². The molecular formula is C24H37NO5. The first-order valence-electron chi connectivity index (χ1n) is 11.5. The van der Waals surface area contributed by atoms with Gasteiger partial charge in [-0.2, -0.15) is 0 Å². The third-order valence-electron chi connectivity index (χ3n) is 6.92. The number of fused-ring (bicyclic) bond motifs is 1. The SMILES string of the molecule is C[C@H]1C=C2C=C[C@H](C)[C@H](CC[C@H]3C[C@@H](O)CC(=O)O3)[C@H]2[C@@H](OC(=O)[C@@H](C)CCN)C1. The summed E-state index contributed by atoms with van der Waals surface area (Å²) in [5, 5.41) is 9.90. The van der Waals surface area contributed by atoms with Crippen molar-refractivity contribution in [2.75, 3.05) is 6.54 Å². The molecule has 0 saturated carbocycles. The molecule has 6 nitrogen and oxygen atoms in total. The van der Waals surface area contributed by atoms with Crippen LogP contribution in [0.1, 0.15) is 59.3 Å². The van der Waals surface area contributed by atoms with E-state index in [1.54, 1.807) is 0 Å². The molecule has 2 aliphatic carbocycles. The van der Waals surface area contributed by atoms with Gasteiger partial charge in [-0.15, -0.1) is 0 Å². The average molecular weight is 420 g/mol. The van der Waals surface area contributed by atoms with Crippen molar-refractivity contribution in [2.24, 2.45) is 35.3 Å². The van der Waals surface area contributed by atoms with E-state index in [2.05, 4.69) is 32.1 Å². The van der Waals surface area contributed by atoms with E-state index in [9.17, 15) is 14.7 Å². The van der Waals surface area contributed by atoms with E-state index < -0.39 is 6.10 Å². The molecule has 1 heterocycles. The van der Waals surface area contributed by atoms with Crippen molar-refractivity contribution in [1.82, 2.24) is 0 Å². The molecule has 1 saturated heterocycles. The summed E-state index contributed by atoms with van der Waals surface area (Å²) in [6.45, 7) is 6.72. The largest absolute Gasteiger partial charge is 0.462 e. The number of carbonyl (C=O) groups excluding carboxylic acids is 2. The van der Waals surface area contributed by atoms with Crippen LogP contribution in [-0.4, -0.2) is 41.9 Å². The molecule has 30 heavy (non-hydrogen) atoms. The third-order valence-corrected chi connectivity index (χ3v) is 6.92. The van der Waals surface area contributed by atoms with Gasteiger partial charge in [0.25, 0.3) is 0 Å². The van der Waals surface area contributed by atoms with Crippen molar-refractivity contribution in [3.05, 3.63) is 23.8 Å². The molecular weight excluding hydrogens is 382 g/mol. The zero-order chi connectivity index (χ0) is 21.8. The van der Waals surface area contributed by atoms with E-state index in [1.807, 2.05) is 6.92 Å². The first kappa shape index (κ1) is 23.0. The van der Waals surface area contributed by atoms with Crippen LogP contribution in [0.2, 0.25) is 0 Å². The zero-order valence-electron chi connectivity index (χ0n) is 18.5. The van der Waals surface area contributed by atoms with Gasteiger partial charge in [-0.1, -0.05) is 39.0 Å². The quantitative estimate of drug-likeness (QED) is 0.615. The number of aliphatic hydroxyl groups excluding tert-OH is 1. The van der Waals surface area contributed by atoms with E-state index in [-0.39, 0.29) is 42.4 Å². The van der Waals surface area contributed by atoms with E-state index in [0.717, 1.165) is 19.3 Å². The van der Waals surface area contributed by atoms with Crippen LogP contribution in [0.5, 0.6) is 0 Å². The summed E-state index contributed by atoms with van der Waals surface area (Å²) in [5.74, 6) is 0.471. The van der Waals surface area contributed by atoms with Crippen molar-refractivity contribution in [3.63, 3.8) is 0 Å². The van der Waals surface area contributed by atoms with Crippen LogP contribution in [0, 0.1) is 29.6 Å². The average Bonchev–Trinajstić information content (AvgIpc) is 2.66. The minimum Gasteiger partial charge on any atom is -0.462 e. The molecule has 3 aliphatic rings. The number of esters is 2. The van der Waals surface area contributed by atoms with Gasteiger partial charge >= 0.3 is 11.9 Å². The smallest absolute Gasteiger partial charge is 0.308 e. The molecule has 3 rings (SSSR count). The van der Waals surface area contributed by atoms with Crippen molar-refractivity contribution >= 4 is 11.9 Å².